The number of ether oxygens (including phenoxy) is 1. The lowest BCUT2D eigenvalue weighted by molar-refractivity contribution is -0.141. The van der Waals surface area contributed by atoms with E-state index in [0.29, 0.717) is 6.61 Å². The Morgan fingerprint density at radius 2 is 2.31 bits per heavy atom. The van der Waals surface area contributed by atoms with Crippen LogP contribution in [0.2, 0.25) is 0 Å². The number of carbonyl (C=O) groups excluding carboxylic acids is 1. The number of aliphatic imine (C=N–C) groups is 1. The summed E-state index contributed by atoms with van der Waals surface area (Å²) < 4.78 is 4.84. The van der Waals surface area contributed by atoms with Crippen LogP contribution in [0.3, 0.4) is 0 Å². The molecule has 0 radical (unpaired) electrons. The normalized spacial score (nSPS) is 24.9. The second kappa shape index (κ2) is 5.08. The highest BCUT2D eigenvalue weighted by Gasteiger charge is 2.39. The Hall–Kier alpha value is -0.710. The van der Waals surface area contributed by atoms with Crippen molar-refractivity contribution in [1.29, 1.82) is 0 Å². The van der Waals surface area contributed by atoms with Gasteiger partial charge in [0.05, 0.1) is 6.61 Å². The first kappa shape index (κ1) is 11.8. The summed E-state index contributed by atoms with van der Waals surface area (Å²) in [6.45, 7) is 2.37. The Kier molecular flexibility index (Phi) is 3.74. The molecule has 1 saturated carbocycles. The Balaban J connectivity index is 1.83. The van der Waals surface area contributed by atoms with Crippen molar-refractivity contribution in [3.63, 3.8) is 0 Å². The maximum Gasteiger partial charge on any atom is 0.327 e. The van der Waals surface area contributed by atoms with Gasteiger partial charge in [0.15, 0.2) is 5.17 Å². The number of thioether (sulfide) groups is 1. The van der Waals surface area contributed by atoms with E-state index in [1.54, 1.807) is 18.7 Å². The van der Waals surface area contributed by atoms with Gasteiger partial charge in [0, 0.05) is 11.3 Å². The number of nitrogens with one attached hydrogen (secondary N) is 1. The molecule has 2 aliphatic rings. The van der Waals surface area contributed by atoms with Crippen molar-refractivity contribution < 1.29 is 9.53 Å². The second-order valence-corrected chi connectivity index (χ2v) is 5.29. The van der Waals surface area contributed by atoms with Crippen LogP contribution in [0.5, 0.6) is 0 Å². The topological polar surface area (TPSA) is 50.7 Å². The fourth-order valence-electron chi connectivity index (χ4n) is 2.25. The van der Waals surface area contributed by atoms with E-state index in [4.69, 9.17) is 4.74 Å². The Morgan fingerprint density at radius 3 is 3.00 bits per heavy atom. The fraction of sp³-hybridized carbons (Fsp3) is 0.818. The highest BCUT2D eigenvalue weighted by atomic mass is 32.2. The van der Waals surface area contributed by atoms with Gasteiger partial charge >= 0.3 is 5.97 Å². The zero-order chi connectivity index (χ0) is 11.4. The minimum atomic E-state index is -0.246. The van der Waals surface area contributed by atoms with Gasteiger partial charge in [0.25, 0.3) is 0 Å². The number of rotatable bonds is 3. The zero-order valence-corrected chi connectivity index (χ0v) is 10.4. The maximum absolute atomic E-state index is 11.1. The van der Waals surface area contributed by atoms with E-state index in [-0.39, 0.29) is 18.1 Å². The van der Waals surface area contributed by atoms with E-state index in [1.807, 2.05) is 0 Å². The number of amidine groups is 1. The summed E-state index contributed by atoms with van der Waals surface area (Å²) in [5.74, 6) is 0.846. The van der Waals surface area contributed by atoms with E-state index >= 15 is 0 Å². The molecule has 1 aliphatic heterocycles. The Morgan fingerprint density at radius 1 is 1.56 bits per heavy atom. The molecular formula is C11H18N2O2S. The van der Waals surface area contributed by atoms with Crippen LogP contribution in [0.25, 0.3) is 0 Å². The van der Waals surface area contributed by atoms with Crippen LogP contribution in [0.15, 0.2) is 4.99 Å². The maximum atomic E-state index is 11.1. The van der Waals surface area contributed by atoms with Crippen molar-refractivity contribution in [2.75, 3.05) is 18.9 Å². The van der Waals surface area contributed by atoms with Gasteiger partial charge in [-0.05, 0) is 19.8 Å². The third-order valence-electron chi connectivity index (χ3n) is 3.08. The SMILES string of the molecule is CCOC(=O)CN=C1NC2(CCCC2)CS1. The molecule has 0 unspecified atom stereocenters. The molecule has 5 heteroatoms. The lowest BCUT2D eigenvalue weighted by Gasteiger charge is -2.21. The number of hydrogen-bond acceptors (Lipinski definition) is 4. The van der Waals surface area contributed by atoms with Crippen molar-refractivity contribution in [3.8, 4) is 0 Å². The molecule has 2 rings (SSSR count). The molecular weight excluding hydrogens is 224 g/mol. The quantitative estimate of drug-likeness (QED) is 0.763. The molecule has 0 amide bonds. The molecule has 1 N–H and O–H groups in total. The standard InChI is InChI=1S/C11H18N2O2S/c1-2-15-9(14)7-12-10-13-11(8-16-10)5-3-4-6-11/h2-8H2,1H3,(H,12,13). The molecule has 0 aromatic heterocycles. The molecule has 0 aromatic carbocycles. The number of nitrogens with zero attached hydrogens (tertiary/aromatic N) is 1. The molecule has 1 spiro atoms. The summed E-state index contributed by atoms with van der Waals surface area (Å²) in [5, 5.41) is 4.38. The second-order valence-electron chi connectivity index (χ2n) is 4.33. The van der Waals surface area contributed by atoms with Crippen LogP contribution in [0.1, 0.15) is 32.6 Å². The summed E-state index contributed by atoms with van der Waals surface area (Å²) in [6.07, 6.45) is 5.08. The zero-order valence-electron chi connectivity index (χ0n) is 9.62. The largest absolute Gasteiger partial charge is 0.465 e. The highest BCUT2D eigenvalue weighted by molar-refractivity contribution is 8.14. The Labute approximate surface area is 100 Å². The summed E-state index contributed by atoms with van der Waals surface area (Å²) in [7, 11) is 0. The average molecular weight is 242 g/mol. The number of esters is 1. The van der Waals surface area contributed by atoms with Gasteiger partial charge in [-0.2, -0.15) is 0 Å². The number of hydrogen-bond donors (Lipinski definition) is 1. The van der Waals surface area contributed by atoms with E-state index < -0.39 is 0 Å². The highest BCUT2D eigenvalue weighted by Crippen LogP contribution is 2.37. The smallest absolute Gasteiger partial charge is 0.327 e. The lowest BCUT2D eigenvalue weighted by Crippen LogP contribution is -2.40. The van der Waals surface area contributed by atoms with E-state index in [9.17, 15) is 4.79 Å². The summed E-state index contributed by atoms with van der Waals surface area (Å²) >= 11 is 1.73. The van der Waals surface area contributed by atoms with Gasteiger partial charge in [0.1, 0.15) is 6.54 Å². The molecule has 0 atom stereocenters. The molecule has 16 heavy (non-hydrogen) atoms. The predicted octanol–water partition coefficient (Wildman–Crippen LogP) is 1.55. The summed E-state index contributed by atoms with van der Waals surface area (Å²) in [5.41, 5.74) is 0.276. The number of carbonyl (C=O) groups is 1. The Bertz CT molecular complexity index is 298. The first-order valence-electron chi connectivity index (χ1n) is 5.85. The van der Waals surface area contributed by atoms with Crippen molar-refractivity contribution in [1.82, 2.24) is 5.32 Å². The lowest BCUT2D eigenvalue weighted by atomic mass is 10.0. The molecule has 0 aromatic rings. The molecule has 90 valence electrons. The third kappa shape index (κ3) is 2.70. The summed E-state index contributed by atoms with van der Waals surface area (Å²) in [4.78, 5) is 15.4. The first-order chi connectivity index (χ1) is 7.74. The van der Waals surface area contributed by atoms with Crippen LogP contribution < -0.4 is 5.32 Å². The van der Waals surface area contributed by atoms with Gasteiger partial charge in [-0.3, -0.25) is 9.79 Å². The third-order valence-corrected chi connectivity index (χ3v) is 4.28. The van der Waals surface area contributed by atoms with Crippen LogP contribution >= 0.6 is 11.8 Å². The molecule has 1 aliphatic carbocycles. The summed E-state index contributed by atoms with van der Waals surface area (Å²) in [6, 6.07) is 0. The van der Waals surface area contributed by atoms with Crippen molar-refractivity contribution in [3.05, 3.63) is 0 Å². The van der Waals surface area contributed by atoms with E-state index in [1.165, 1.54) is 25.7 Å². The predicted molar refractivity (Wildman–Crippen MR) is 65.7 cm³/mol. The van der Waals surface area contributed by atoms with Crippen LogP contribution in [0, 0.1) is 0 Å². The average Bonchev–Trinajstić information content (AvgIpc) is 2.88. The van der Waals surface area contributed by atoms with Crippen molar-refractivity contribution >= 4 is 22.9 Å². The van der Waals surface area contributed by atoms with Gasteiger partial charge in [-0.15, -0.1) is 0 Å². The van der Waals surface area contributed by atoms with Gasteiger partial charge in [0.2, 0.25) is 0 Å². The van der Waals surface area contributed by atoms with Crippen LogP contribution in [-0.4, -0.2) is 35.6 Å². The van der Waals surface area contributed by atoms with Crippen molar-refractivity contribution in [2.24, 2.45) is 4.99 Å². The minimum absolute atomic E-state index is 0.138. The van der Waals surface area contributed by atoms with Crippen LogP contribution in [0.4, 0.5) is 0 Å². The van der Waals surface area contributed by atoms with Gasteiger partial charge in [-0.1, -0.05) is 24.6 Å². The molecule has 0 bridgehead atoms. The van der Waals surface area contributed by atoms with E-state index in [0.717, 1.165) is 10.9 Å². The van der Waals surface area contributed by atoms with Crippen LogP contribution in [-0.2, 0) is 9.53 Å². The van der Waals surface area contributed by atoms with Gasteiger partial charge in [-0.25, -0.2) is 0 Å². The molecule has 1 heterocycles. The van der Waals surface area contributed by atoms with E-state index in [2.05, 4.69) is 10.3 Å². The minimum Gasteiger partial charge on any atom is -0.465 e. The van der Waals surface area contributed by atoms with Crippen molar-refractivity contribution in [2.45, 2.75) is 38.1 Å². The fourth-order valence-corrected chi connectivity index (χ4v) is 3.47. The first-order valence-corrected chi connectivity index (χ1v) is 6.84. The monoisotopic (exact) mass is 242 g/mol. The molecule has 2 fully saturated rings. The van der Waals surface area contributed by atoms with Gasteiger partial charge < -0.3 is 10.1 Å². The molecule has 4 nitrogen and oxygen atoms in total. The molecule has 1 saturated heterocycles.